The van der Waals surface area contributed by atoms with Crippen LogP contribution in [0.4, 0.5) is 0 Å². The lowest BCUT2D eigenvalue weighted by Gasteiger charge is -2.29. The molecule has 0 bridgehead atoms. The van der Waals surface area contributed by atoms with Gasteiger partial charge in [-0.2, -0.15) is 0 Å². The van der Waals surface area contributed by atoms with Crippen LogP contribution in [0.2, 0.25) is 0 Å². The molecule has 0 amide bonds. The summed E-state index contributed by atoms with van der Waals surface area (Å²) in [7, 11) is 0. The van der Waals surface area contributed by atoms with Gasteiger partial charge in [-0.05, 0) is 31.4 Å². The molecule has 1 aliphatic heterocycles. The number of benzene rings is 1. The van der Waals surface area contributed by atoms with E-state index in [0.717, 1.165) is 38.7 Å². The largest absolute Gasteiger partial charge is 0.493 e. The molecule has 1 aromatic carbocycles. The molecule has 2 rings (SSSR count). The van der Waals surface area contributed by atoms with Gasteiger partial charge >= 0.3 is 0 Å². The first-order valence-corrected chi connectivity index (χ1v) is 6.84. The van der Waals surface area contributed by atoms with E-state index in [2.05, 4.69) is 5.32 Å². The van der Waals surface area contributed by atoms with Crippen molar-refractivity contribution in [2.75, 3.05) is 32.9 Å². The predicted octanol–water partition coefficient (Wildman–Crippen LogP) is 2.33. The van der Waals surface area contributed by atoms with Crippen molar-refractivity contribution in [3.63, 3.8) is 0 Å². The van der Waals surface area contributed by atoms with Gasteiger partial charge in [0.2, 0.25) is 0 Å². The summed E-state index contributed by atoms with van der Waals surface area (Å²) in [6.07, 6.45) is 1.19. The van der Waals surface area contributed by atoms with E-state index in [9.17, 15) is 0 Å². The van der Waals surface area contributed by atoms with Gasteiger partial charge in [0.25, 0.3) is 0 Å². The lowest BCUT2D eigenvalue weighted by molar-refractivity contribution is 0.0803. The molecule has 1 aromatic rings. The van der Waals surface area contributed by atoms with Gasteiger partial charge in [-0.1, -0.05) is 18.2 Å². The summed E-state index contributed by atoms with van der Waals surface area (Å²) < 4.78 is 11.3. The number of para-hydroxylation sites is 1. The van der Waals surface area contributed by atoms with Crippen molar-refractivity contribution in [3.8, 4) is 5.75 Å². The third-order valence-electron chi connectivity index (χ3n) is 3.32. The van der Waals surface area contributed by atoms with Crippen molar-refractivity contribution in [3.05, 3.63) is 30.3 Å². The molecule has 3 nitrogen and oxygen atoms in total. The van der Waals surface area contributed by atoms with Gasteiger partial charge in [-0.3, -0.25) is 0 Å². The molecule has 0 saturated carbocycles. The van der Waals surface area contributed by atoms with Crippen molar-refractivity contribution in [2.45, 2.75) is 13.3 Å². The normalized spacial score (nSPS) is 23.8. The monoisotopic (exact) mass is 249 g/mol. The Bertz CT molecular complexity index is 329. The number of hydrogen-bond acceptors (Lipinski definition) is 3. The average Bonchev–Trinajstić information content (AvgIpc) is 2.44. The summed E-state index contributed by atoms with van der Waals surface area (Å²) in [6, 6.07) is 10.0. The molecule has 2 atom stereocenters. The second-order valence-corrected chi connectivity index (χ2v) is 4.91. The van der Waals surface area contributed by atoms with Crippen molar-refractivity contribution >= 4 is 0 Å². The fourth-order valence-corrected chi connectivity index (χ4v) is 2.40. The highest BCUT2D eigenvalue weighted by molar-refractivity contribution is 5.20. The maximum atomic E-state index is 5.82. The van der Waals surface area contributed by atoms with E-state index in [1.54, 1.807) is 0 Å². The molecule has 18 heavy (non-hydrogen) atoms. The molecule has 1 aliphatic rings. The van der Waals surface area contributed by atoms with E-state index in [4.69, 9.17) is 9.47 Å². The first-order chi connectivity index (χ1) is 8.88. The van der Waals surface area contributed by atoms with E-state index >= 15 is 0 Å². The molecule has 3 heteroatoms. The maximum Gasteiger partial charge on any atom is 0.119 e. The Kier molecular flexibility index (Phi) is 5.49. The highest BCUT2D eigenvalue weighted by Gasteiger charge is 2.22. The first kappa shape index (κ1) is 13.4. The second kappa shape index (κ2) is 7.39. The van der Waals surface area contributed by atoms with E-state index < -0.39 is 0 Å². The lowest BCUT2D eigenvalue weighted by atomic mass is 9.91. The van der Waals surface area contributed by atoms with Crippen molar-refractivity contribution in [1.82, 2.24) is 5.32 Å². The number of piperidine rings is 1. The van der Waals surface area contributed by atoms with Crippen molar-refractivity contribution < 1.29 is 9.47 Å². The molecule has 1 heterocycles. The molecular weight excluding hydrogens is 226 g/mol. The Morgan fingerprint density at radius 1 is 1.11 bits per heavy atom. The average molecular weight is 249 g/mol. The van der Waals surface area contributed by atoms with E-state index in [1.807, 2.05) is 37.3 Å². The Morgan fingerprint density at radius 3 is 2.56 bits per heavy atom. The van der Waals surface area contributed by atoms with Crippen LogP contribution < -0.4 is 10.1 Å². The minimum Gasteiger partial charge on any atom is -0.493 e. The van der Waals surface area contributed by atoms with Gasteiger partial charge in [0.1, 0.15) is 5.75 Å². The molecule has 0 unspecified atom stereocenters. The summed E-state index contributed by atoms with van der Waals surface area (Å²) in [5.41, 5.74) is 0. The van der Waals surface area contributed by atoms with Gasteiger partial charge in [0.05, 0.1) is 13.2 Å². The van der Waals surface area contributed by atoms with Crippen LogP contribution in [-0.4, -0.2) is 32.9 Å². The fourth-order valence-electron chi connectivity index (χ4n) is 2.40. The van der Waals surface area contributed by atoms with Crippen LogP contribution in [-0.2, 0) is 4.74 Å². The quantitative estimate of drug-likeness (QED) is 0.839. The van der Waals surface area contributed by atoms with Gasteiger partial charge in [-0.25, -0.2) is 0 Å². The third kappa shape index (κ3) is 4.31. The van der Waals surface area contributed by atoms with Crippen LogP contribution in [0.1, 0.15) is 13.3 Å². The van der Waals surface area contributed by atoms with Gasteiger partial charge in [-0.15, -0.1) is 0 Å². The Labute approximate surface area is 109 Å². The number of rotatable bonds is 6. The van der Waals surface area contributed by atoms with Gasteiger partial charge in [0, 0.05) is 25.6 Å². The van der Waals surface area contributed by atoms with E-state index in [1.165, 1.54) is 6.42 Å². The van der Waals surface area contributed by atoms with Crippen LogP contribution in [0.3, 0.4) is 0 Å². The van der Waals surface area contributed by atoms with Crippen LogP contribution in [0.15, 0.2) is 30.3 Å². The molecule has 1 saturated heterocycles. The topological polar surface area (TPSA) is 30.5 Å². The van der Waals surface area contributed by atoms with Crippen LogP contribution in [0.5, 0.6) is 5.75 Å². The minimum atomic E-state index is 0.587. The summed E-state index contributed by atoms with van der Waals surface area (Å²) >= 11 is 0. The number of hydrogen-bond donors (Lipinski definition) is 1. The summed E-state index contributed by atoms with van der Waals surface area (Å²) in [5.74, 6) is 2.18. The molecule has 100 valence electrons. The summed E-state index contributed by atoms with van der Waals surface area (Å²) in [5, 5.41) is 3.47. The van der Waals surface area contributed by atoms with Gasteiger partial charge in [0.15, 0.2) is 0 Å². The minimum absolute atomic E-state index is 0.587. The fraction of sp³-hybridized carbons (Fsp3) is 0.600. The first-order valence-electron chi connectivity index (χ1n) is 6.84. The molecule has 0 radical (unpaired) electrons. The second-order valence-electron chi connectivity index (χ2n) is 4.91. The van der Waals surface area contributed by atoms with Crippen molar-refractivity contribution in [1.29, 1.82) is 0 Å². The summed E-state index contributed by atoms with van der Waals surface area (Å²) in [4.78, 5) is 0. The van der Waals surface area contributed by atoms with E-state index in [0.29, 0.717) is 11.8 Å². The SMILES string of the molecule is CCOC[C@@H]1CNC[C@@H](COc2ccccc2)C1. The lowest BCUT2D eigenvalue weighted by Crippen LogP contribution is -2.40. The molecule has 1 fully saturated rings. The molecule has 1 N–H and O–H groups in total. The van der Waals surface area contributed by atoms with Crippen LogP contribution in [0.25, 0.3) is 0 Å². The molecule has 0 spiro atoms. The zero-order valence-corrected chi connectivity index (χ0v) is 11.1. The van der Waals surface area contributed by atoms with Crippen molar-refractivity contribution in [2.24, 2.45) is 11.8 Å². The molecule has 0 aliphatic carbocycles. The number of nitrogens with one attached hydrogen (secondary N) is 1. The van der Waals surface area contributed by atoms with E-state index in [-0.39, 0.29) is 0 Å². The predicted molar refractivity (Wildman–Crippen MR) is 72.9 cm³/mol. The highest BCUT2D eigenvalue weighted by Crippen LogP contribution is 2.18. The summed E-state index contributed by atoms with van der Waals surface area (Å²) in [6.45, 7) is 6.64. The Balaban J connectivity index is 1.72. The Hall–Kier alpha value is -1.06. The highest BCUT2D eigenvalue weighted by atomic mass is 16.5. The smallest absolute Gasteiger partial charge is 0.119 e. The Morgan fingerprint density at radius 2 is 1.83 bits per heavy atom. The zero-order valence-electron chi connectivity index (χ0n) is 11.1. The molecular formula is C15H23NO2. The molecule has 0 aromatic heterocycles. The maximum absolute atomic E-state index is 5.82. The number of ether oxygens (including phenoxy) is 2. The standard InChI is InChI=1S/C15H23NO2/c1-2-17-11-13-8-14(10-16-9-13)12-18-15-6-4-3-5-7-15/h3-7,13-14,16H,2,8-12H2,1H3/t13-,14-/m0/s1. The third-order valence-corrected chi connectivity index (χ3v) is 3.32. The van der Waals surface area contributed by atoms with Gasteiger partial charge < -0.3 is 14.8 Å². The van der Waals surface area contributed by atoms with Crippen LogP contribution in [0, 0.1) is 11.8 Å². The van der Waals surface area contributed by atoms with Crippen LogP contribution >= 0.6 is 0 Å². The zero-order chi connectivity index (χ0) is 12.6.